The van der Waals surface area contributed by atoms with Crippen molar-refractivity contribution in [3.8, 4) is 0 Å². The highest BCUT2D eigenvalue weighted by Gasteiger charge is 2.26. The first-order chi connectivity index (χ1) is 8.20. The molecule has 1 aromatic heterocycles. The molecular formula is C13H21N3O. The summed E-state index contributed by atoms with van der Waals surface area (Å²) in [6.45, 7) is 5.91. The molecule has 0 aliphatic carbocycles. The molecule has 2 heterocycles. The third kappa shape index (κ3) is 2.88. The quantitative estimate of drug-likeness (QED) is 0.840. The Kier molecular flexibility index (Phi) is 3.84. The van der Waals surface area contributed by atoms with Crippen molar-refractivity contribution in [3.05, 3.63) is 17.8 Å². The Balaban J connectivity index is 1.91. The second-order valence-electron chi connectivity index (χ2n) is 4.62. The SMILES string of the molecule is CCC1OCCC1CNc1ccc(N)c(C)n1. The van der Waals surface area contributed by atoms with Crippen LogP contribution in [0.1, 0.15) is 25.5 Å². The van der Waals surface area contributed by atoms with Gasteiger partial charge < -0.3 is 15.8 Å². The van der Waals surface area contributed by atoms with Gasteiger partial charge in [0, 0.05) is 19.1 Å². The molecule has 0 amide bonds. The summed E-state index contributed by atoms with van der Waals surface area (Å²) in [4.78, 5) is 4.41. The van der Waals surface area contributed by atoms with Gasteiger partial charge in [-0.1, -0.05) is 6.92 Å². The van der Waals surface area contributed by atoms with Crippen molar-refractivity contribution in [2.45, 2.75) is 32.8 Å². The van der Waals surface area contributed by atoms with Gasteiger partial charge in [-0.3, -0.25) is 0 Å². The normalized spacial score (nSPS) is 23.9. The lowest BCUT2D eigenvalue weighted by Gasteiger charge is -2.17. The number of nitrogens with zero attached hydrogens (tertiary/aromatic N) is 1. The molecule has 2 rings (SSSR count). The first-order valence-corrected chi connectivity index (χ1v) is 6.29. The summed E-state index contributed by atoms with van der Waals surface area (Å²) in [7, 11) is 0. The van der Waals surface area contributed by atoms with Gasteiger partial charge in [0.1, 0.15) is 5.82 Å². The van der Waals surface area contributed by atoms with Crippen LogP contribution in [0.3, 0.4) is 0 Å². The number of aryl methyl sites for hydroxylation is 1. The zero-order valence-electron chi connectivity index (χ0n) is 10.6. The average molecular weight is 235 g/mol. The van der Waals surface area contributed by atoms with E-state index in [1.165, 1.54) is 0 Å². The van der Waals surface area contributed by atoms with Gasteiger partial charge in [-0.2, -0.15) is 0 Å². The number of aromatic nitrogens is 1. The van der Waals surface area contributed by atoms with Gasteiger partial charge in [-0.15, -0.1) is 0 Å². The standard InChI is InChI=1S/C13H21N3O/c1-3-12-10(6-7-17-12)8-15-13-5-4-11(14)9(2)16-13/h4-5,10,12H,3,6-8,14H2,1-2H3,(H,15,16). The van der Waals surface area contributed by atoms with Gasteiger partial charge in [-0.05, 0) is 31.9 Å². The van der Waals surface area contributed by atoms with Crippen molar-refractivity contribution in [2.75, 3.05) is 24.2 Å². The van der Waals surface area contributed by atoms with Crippen molar-refractivity contribution in [1.29, 1.82) is 0 Å². The van der Waals surface area contributed by atoms with Gasteiger partial charge >= 0.3 is 0 Å². The number of hydrogen-bond acceptors (Lipinski definition) is 4. The van der Waals surface area contributed by atoms with Gasteiger partial charge in [-0.25, -0.2) is 4.98 Å². The Morgan fingerprint density at radius 2 is 2.35 bits per heavy atom. The molecule has 1 aliphatic rings. The molecular weight excluding hydrogens is 214 g/mol. The molecule has 4 nitrogen and oxygen atoms in total. The Bertz CT molecular complexity index is 381. The number of hydrogen-bond donors (Lipinski definition) is 2. The average Bonchev–Trinajstić information content (AvgIpc) is 2.78. The van der Waals surface area contributed by atoms with E-state index in [-0.39, 0.29) is 0 Å². The minimum absolute atomic E-state index is 0.400. The summed E-state index contributed by atoms with van der Waals surface area (Å²) >= 11 is 0. The van der Waals surface area contributed by atoms with Crippen LogP contribution in [-0.4, -0.2) is 24.2 Å². The molecule has 0 saturated carbocycles. The van der Waals surface area contributed by atoms with E-state index in [4.69, 9.17) is 10.5 Å². The predicted octanol–water partition coefficient (Wildman–Crippen LogP) is 2.20. The van der Waals surface area contributed by atoms with E-state index in [9.17, 15) is 0 Å². The van der Waals surface area contributed by atoms with E-state index >= 15 is 0 Å². The summed E-state index contributed by atoms with van der Waals surface area (Å²) in [6.07, 6.45) is 2.62. The summed E-state index contributed by atoms with van der Waals surface area (Å²) in [6, 6.07) is 3.83. The maximum Gasteiger partial charge on any atom is 0.126 e. The third-order valence-electron chi connectivity index (χ3n) is 3.42. The van der Waals surface area contributed by atoms with Crippen LogP contribution in [0.15, 0.2) is 12.1 Å². The van der Waals surface area contributed by atoms with Crippen molar-refractivity contribution < 1.29 is 4.74 Å². The number of anilines is 2. The summed E-state index contributed by atoms with van der Waals surface area (Å²) in [5.41, 5.74) is 7.36. The van der Waals surface area contributed by atoms with E-state index in [2.05, 4.69) is 17.2 Å². The summed E-state index contributed by atoms with van der Waals surface area (Å²) in [5, 5.41) is 3.37. The van der Waals surface area contributed by atoms with E-state index in [0.717, 1.165) is 43.2 Å². The number of nitrogen functional groups attached to an aromatic ring is 1. The van der Waals surface area contributed by atoms with Gasteiger partial charge in [0.25, 0.3) is 0 Å². The minimum atomic E-state index is 0.400. The van der Waals surface area contributed by atoms with Crippen molar-refractivity contribution in [3.63, 3.8) is 0 Å². The Labute approximate surface area is 103 Å². The van der Waals surface area contributed by atoms with Crippen LogP contribution in [0.2, 0.25) is 0 Å². The molecule has 2 atom stereocenters. The Morgan fingerprint density at radius 3 is 3.06 bits per heavy atom. The van der Waals surface area contributed by atoms with Crippen LogP contribution in [0.4, 0.5) is 11.5 Å². The van der Waals surface area contributed by atoms with Crippen LogP contribution in [0, 0.1) is 12.8 Å². The molecule has 0 bridgehead atoms. The number of nitrogens with two attached hydrogens (primary N) is 1. The van der Waals surface area contributed by atoms with Crippen LogP contribution < -0.4 is 11.1 Å². The van der Waals surface area contributed by atoms with E-state index in [1.54, 1.807) is 0 Å². The lowest BCUT2D eigenvalue weighted by atomic mass is 10.00. The van der Waals surface area contributed by atoms with Crippen LogP contribution in [-0.2, 0) is 4.74 Å². The molecule has 2 unspecified atom stereocenters. The first-order valence-electron chi connectivity index (χ1n) is 6.29. The molecule has 0 spiro atoms. The number of rotatable bonds is 4. The zero-order valence-corrected chi connectivity index (χ0v) is 10.6. The molecule has 1 saturated heterocycles. The highest BCUT2D eigenvalue weighted by Crippen LogP contribution is 2.23. The largest absolute Gasteiger partial charge is 0.397 e. The molecule has 1 fully saturated rings. The van der Waals surface area contributed by atoms with E-state index in [0.29, 0.717) is 12.0 Å². The molecule has 94 valence electrons. The van der Waals surface area contributed by atoms with Crippen LogP contribution >= 0.6 is 0 Å². The first kappa shape index (κ1) is 12.2. The van der Waals surface area contributed by atoms with Crippen molar-refractivity contribution in [1.82, 2.24) is 4.98 Å². The molecule has 0 aromatic carbocycles. The monoisotopic (exact) mass is 235 g/mol. The van der Waals surface area contributed by atoms with Gasteiger partial charge in [0.2, 0.25) is 0 Å². The second-order valence-corrected chi connectivity index (χ2v) is 4.62. The fourth-order valence-electron chi connectivity index (χ4n) is 2.28. The summed E-state index contributed by atoms with van der Waals surface area (Å²) in [5.74, 6) is 1.50. The topological polar surface area (TPSA) is 60.2 Å². The fraction of sp³-hybridized carbons (Fsp3) is 0.615. The van der Waals surface area contributed by atoms with E-state index in [1.807, 2.05) is 19.1 Å². The Morgan fingerprint density at radius 1 is 1.53 bits per heavy atom. The zero-order chi connectivity index (χ0) is 12.3. The maximum absolute atomic E-state index is 5.74. The second kappa shape index (κ2) is 5.36. The highest BCUT2D eigenvalue weighted by molar-refractivity contribution is 5.49. The van der Waals surface area contributed by atoms with Crippen molar-refractivity contribution in [2.24, 2.45) is 5.92 Å². The van der Waals surface area contributed by atoms with Crippen molar-refractivity contribution >= 4 is 11.5 Å². The molecule has 1 aliphatic heterocycles. The number of nitrogens with one attached hydrogen (secondary N) is 1. The van der Waals surface area contributed by atoms with Crippen LogP contribution in [0.25, 0.3) is 0 Å². The van der Waals surface area contributed by atoms with Gasteiger partial charge in [0.05, 0.1) is 17.5 Å². The van der Waals surface area contributed by atoms with Crippen LogP contribution in [0.5, 0.6) is 0 Å². The molecule has 17 heavy (non-hydrogen) atoms. The minimum Gasteiger partial charge on any atom is -0.397 e. The third-order valence-corrected chi connectivity index (χ3v) is 3.42. The Hall–Kier alpha value is -1.29. The maximum atomic E-state index is 5.74. The summed E-state index contributed by atoms with van der Waals surface area (Å²) < 4.78 is 5.67. The predicted molar refractivity (Wildman–Crippen MR) is 70.0 cm³/mol. The molecule has 1 aromatic rings. The molecule has 4 heteroatoms. The lowest BCUT2D eigenvalue weighted by Crippen LogP contribution is -2.23. The molecule has 0 radical (unpaired) electrons. The smallest absolute Gasteiger partial charge is 0.126 e. The number of ether oxygens (including phenoxy) is 1. The lowest BCUT2D eigenvalue weighted by molar-refractivity contribution is 0.0900. The highest BCUT2D eigenvalue weighted by atomic mass is 16.5. The number of pyridine rings is 1. The van der Waals surface area contributed by atoms with E-state index < -0.39 is 0 Å². The molecule has 3 N–H and O–H groups in total. The fourth-order valence-corrected chi connectivity index (χ4v) is 2.28. The van der Waals surface area contributed by atoms with Gasteiger partial charge in [0.15, 0.2) is 0 Å².